The van der Waals surface area contributed by atoms with E-state index in [1.807, 2.05) is 0 Å². The number of ether oxygens (including phenoxy) is 1. The number of hydrogen-bond acceptors (Lipinski definition) is 8. The molecule has 112 valence electrons. The molecule has 0 amide bonds. The van der Waals surface area contributed by atoms with Crippen molar-refractivity contribution in [1.29, 1.82) is 0 Å². The number of carboxylic acid groups (broad SMARTS) is 1. The third-order valence-electron chi connectivity index (χ3n) is 3.32. The fraction of sp³-hybridized carbons (Fsp3) is 0.455. The molecule has 0 aromatic carbocycles. The Hall–Kier alpha value is -2.30. The maximum atomic E-state index is 11.0. The maximum absolute atomic E-state index is 11.0. The largest absolute Gasteiger partial charge is 0.479 e. The van der Waals surface area contributed by atoms with Crippen LogP contribution in [0.15, 0.2) is 6.33 Å². The van der Waals surface area contributed by atoms with Crippen LogP contribution in [0.1, 0.15) is 12.1 Å². The summed E-state index contributed by atoms with van der Waals surface area (Å²) in [5, 5.41) is 28.7. The lowest BCUT2D eigenvalue weighted by Gasteiger charge is -2.16. The Morgan fingerprint density at radius 3 is 2.71 bits per heavy atom. The first-order chi connectivity index (χ1) is 9.90. The van der Waals surface area contributed by atoms with Gasteiger partial charge in [-0.1, -0.05) is 0 Å². The minimum Gasteiger partial charge on any atom is -0.479 e. The van der Waals surface area contributed by atoms with Gasteiger partial charge < -0.3 is 25.8 Å². The molecule has 2 aromatic heterocycles. The molecule has 2 aromatic rings. The van der Waals surface area contributed by atoms with Crippen LogP contribution >= 0.6 is 0 Å². The second-order valence-corrected chi connectivity index (χ2v) is 4.75. The quantitative estimate of drug-likeness (QED) is 0.513. The molecule has 1 aliphatic heterocycles. The summed E-state index contributed by atoms with van der Waals surface area (Å²) < 4.78 is 6.53. The van der Waals surface area contributed by atoms with Gasteiger partial charge in [0.1, 0.15) is 23.5 Å². The summed E-state index contributed by atoms with van der Waals surface area (Å²) in [6.45, 7) is 1.63. The average molecular weight is 295 g/mol. The topological polar surface area (TPSA) is 157 Å². The number of aliphatic carboxylic acids is 1. The van der Waals surface area contributed by atoms with E-state index in [0.717, 1.165) is 0 Å². The van der Waals surface area contributed by atoms with Gasteiger partial charge in [-0.3, -0.25) is 4.57 Å². The summed E-state index contributed by atoms with van der Waals surface area (Å²) in [4.78, 5) is 23.1. The average Bonchev–Trinajstić information content (AvgIpc) is 2.93. The Morgan fingerprint density at radius 2 is 2.10 bits per heavy atom. The number of nitrogens with zero attached hydrogens (tertiary/aromatic N) is 4. The number of aryl methyl sites for hydroxylation is 1. The molecule has 1 aliphatic rings. The second kappa shape index (κ2) is 4.62. The number of carbonyl (C=O) groups is 1. The van der Waals surface area contributed by atoms with E-state index >= 15 is 0 Å². The van der Waals surface area contributed by atoms with Crippen molar-refractivity contribution in [1.82, 2.24) is 19.5 Å². The molecule has 0 spiro atoms. The molecule has 0 bridgehead atoms. The molecule has 21 heavy (non-hydrogen) atoms. The lowest BCUT2D eigenvalue weighted by molar-refractivity contribution is -0.155. The zero-order chi connectivity index (χ0) is 15.3. The molecule has 1 saturated heterocycles. The van der Waals surface area contributed by atoms with Crippen LogP contribution in [0.25, 0.3) is 11.2 Å². The summed E-state index contributed by atoms with van der Waals surface area (Å²) in [6, 6.07) is 0. The van der Waals surface area contributed by atoms with E-state index < -0.39 is 30.5 Å². The summed E-state index contributed by atoms with van der Waals surface area (Å²) in [5.74, 6) is -0.803. The summed E-state index contributed by atoms with van der Waals surface area (Å²) in [6.07, 6.45) is -4.33. The molecule has 5 N–H and O–H groups in total. The van der Waals surface area contributed by atoms with E-state index in [1.165, 1.54) is 10.9 Å². The number of nitrogens with two attached hydrogens (primary N) is 1. The number of aliphatic hydroxyl groups excluding tert-OH is 2. The van der Waals surface area contributed by atoms with Crippen LogP contribution in [-0.2, 0) is 9.53 Å². The van der Waals surface area contributed by atoms with E-state index in [-0.39, 0.29) is 5.82 Å². The van der Waals surface area contributed by atoms with Crippen LogP contribution in [0.3, 0.4) is 0 Å². The fourth-order valence-corrected chi connectivity index (χ4v) is 2.33. The summed E-state index contributed by atoms with van der Waals surface area (Å²) in [7, 11) is 0. The summed E-state index contributed by atoms with van der Waals surface area (Å²) in [5.41, 5.74) is 6.34. The van der Waals surface area contributed by atoms with Gasteiger partial charge in [-0.25, -0.2) is 19.7 Å². The van der Waals surface area contributed by atoms with Crippen molar-refractivity contribution in [3.8, 4) is 0 Å². The van der Waals surface area contributed by atoms with Crippen LogP contribution in [-0.4, -0.2) is 59.1 Å². The standard InChI is InChI=1S/C11H13N5O5/c1-3-14-8(12)4-9(15-3)16(2-13-4)10-6(18)5(17)7(21-10)11(19)20/h2,5-7,10,17-18H,1H3,(H,19,20)(H2,12,14,15)/t5-,6+,7-,10+/m0/s1. The molecule has 0 radical (unpaired) electrons. The zero-order valence-corrected chi connectivity index (χ0v) is 10.9. The highest BCUT2D eigenvalue weighted by Crippen LogP contribution is 2.32. The van der Waals surface area contributed by atoms with Crippen molar-refractivity contribution >= 4 is 23.0 Å². The van der Waals surface area contributed by atoms with E-state index in [4.69, 9.17) is 15.6 Å². The van der Waals surface area contributed by atoms with Crippen molar-refractivity contribution in [2.45, 2.75) is 31.5 Å². The van der Waals surface area contributed by atoms with Gasteiger partial charge in [0.05, 0.1) is 6.33 Å². The highest BCUT2D eigenvalue weighted by atomic mass is 16.6. The van der Waals surface area contributed by atoms with Crippen molar-refractivity contribution in [3.63, 3.8) is 0 Å². The Bertz CT molecular complexity index is 716. The number of aromatic nitrogens is 4. The monoisotopic (exact) mass is 295 g/mol. The van der Waals surface area contributed by atoms with Crippen molar-refractivity contribution < 1.29 is 24.9 Å². The molecule has 1 fully saturated rings. The smallest absolute Gasteiger partial charge is 0.335 e. The predicted octanol–water partition coefficient (Wildman–Crippen LogP) is -1.58. The predicted molar refractivity (Wildman–Crippen MR) is 68.0 cm³/mol. The first-order valence-electron chi connectivity index (χ1n) is 6.11. The zero-order valence-electron chi connectivity index (χ0n) is 10.9. The van der Waals surface area contributed by atoms with E-state index in [0.29, 0.717) is 17.0 Å². The molecular weight excluding hydrogens is 282 g/mol. The van der Waals surface area contributed by atoms with Gasteiger partial charge in [-0.15, -0.1) is 0 Å². The SMILES string of the molecule is Cc1nc(N)c2ncn([C@@H]3O[C@H](C(=O)O)[C@@H](O)[C@H]3O)c2n1. The first kappa shape index (κ1) is 13.7. The molecule has 0 aliphatic carbocycles. The van der Waals surface area contributed by atoms with Gasteiger partial charge in [-0.2, -0.15) is 0 Å². The lowest BCUT2D eigenvalue weighted by atomic mass is 10.1. The minimum atomic E-state index is -1.55. The first-order valence-corrected chi connectivity index (χ1v) is 6.11. The van der Waals surface area contributed by atoms with Crippen LogP contribution < -0.4 is 5.73 Å². The third kappa shape index (κ3) is 2.00. The van der Waals surface area contributed by atoms with Crippen LogP contribution in [0.2, 0.25) is 0 Å². The number of aliphatic hydroxyl groups is 2. The van der Waals surface area contributed by atoms with Gasteiger partial charge >= 0.3 is 5.97 Å². The highest BCUT2D eigenvalue weighted by Gasteiger charge is 2.47. The maximum Gasteiger partial charge on any atom is 0.335 e. The molecule has 10 heteroatoms. The van der Waals surface area contributed by atoms with Crippen molar-refractivity contribution in [2.75, 3.05) is 5.73 Å². The van der Waals surface area contributed by atoms with E-state index in [9.17, 15) is 15.0 Å². The molecule has 3 rings (SSSR count). The van der Waals surface area contributed by atoms with E-state index in [1.54, 1.807) is 6.92 Å². The number of fused-ring (bicyclic) bond motifs is 1. The minimum absolute atomic E-state index is 0.166. The second-order valence-electron chi connectivity index (χ2n) is 4.75. The van der Waals surface area contributed by atoms with Gasteiger partial charge in [0.2, 0.25) is 0 Å². The van der Waals surface area contributed by atoms with Gasteiger partial charge in [0, 0.05) is 0 Å². The van der Waals surface area contributed by atoms with Crippen LogP contribution in [0.5, 0.6) is 0 Å². The third-order valence-corrected chi connectivity index (χ3v) is 3.32. The number of nitrogen functional groups attached to an aromatic ring is 1. The van der Waals surface area contributed by atoms with Crippen molar-refractivity contribution in [3.05, 3.63) is 12.2 Å². The Kier molecular flexibility index (Phi) is 3.01. The Labute approximate surface area is 117 Å². The van der Waals surface area contributed by atoms with E-state index in [2.05, 4.69) is 15.0 Å². The van der Waals surface area contributed by atoms with Gasteiger partial charge in [-0.05, 0) is 6.92 Å². The molecular formula is C11H13N5O5. The van der Waals surface area contributed by atoms with Gasteiger partial charge in [0.15, 0.2) is 23.8 Å². The molecule has 3 heterocycles. The Balaban J connectivity index is 2.07. The van der Waals surface area contributed by atoms with Crippen LogP contribution in [0.4, 0.5) is 5.82 Å². The molecule has 0 unspecified atom stereocenters. The molecule has 0 saturated carbocycles. The van der Waals surface area contributed by atoms with Crippen LogP contribution in [0, 0.1) is 6.92 Å². The molecule has 10 nitrogen and oxygen atoms in total. The number of imidazole rings is 1. The fourth-order valence-electron chi connectivity index (χ4n) is 2.33. The normalized spacial score (nSPS) is 29.1. The summed E-state index contributed by atoms with van der Waals surface area (Å²) >= 11 is 0. The number of rotatable bonds is 2. The van der Waals surface area contributed by atoms with Crippen molar-refractivity contribution in [2.24, 2.45) is 0 Å². The highest BCUT2D eigenvalue weighted by molar-refractivity contribution is 5.81. The Morgan fingerprint density at radius 1 is 1.38 bits per heavy atom. The lowest BCUT2D eigenvalue weighted by Crippen LogP contribution is -2.35. The number of carboxylic acids is 1. The molecule has 4 atom stereocenters. The number of anilines is 1. The number of hydrogen-bond donors (Lipinski definition) is 4. The van der Waals surface area contributed by atoms with Gasteiger partial charge in [0.25, 0.3) is 0 Å².